The summed E-state index contributed by atoms with van der Waals surface area (Å²) in [4.78, 5) is 7.20. The molecule has 1 unspecified atom stereocenters. The lowest BCUT2D eigenvalue weighted by atomic mass is 10.1. The Morgan fingerprint density at radius 1 is 1.50 bits per heavy atom. The Bertz CT molecular complexity index is 418. The Morgan fingerprint density at radius 2 is 2.36 bits per heavy atom. The Balaban J connectivity index is 2.42. The van der Waals surface area contributed by atoms with Crippen LogP contribution in [0.2, 0.25) is 0 Å². The van der Waals surface area contributed by atoms with Gasteiger partial charge < -0.3 is 10.3 Å². The molecular formula is C9H13N5. The van der Waals surface area contributed by atoms with Crippen molar-refractivity contribution in [3.8, 4) is 0 Å². The first kappa shape index (κ1) is 9.14. The third kappa shape index (κ3) is 1.48. The maximum absolute atomic E-state index is 5.40. The fourth-order valence-electron chi connectivity index (χ4n) is 1.48. The first-order valence-corrected chi connectivity index (χ1v) is 4.41. The van der Waals surface area contributed by atoms with Crippen LogP contribution >= 0.6 is 0 Å². The highest BCUT2D eigenvalue weighted by Crippen LogP contribution is 2.15. The maximum atomic E-state index is 5.40. The summed E-state index contributed by atoms with van der Waals surface area (Å²) >= 11 is 0. The molecule has 0 aliphatic heterocycles. The number of aromatic nitrogens is 2. The average molecular weight is 191 g/mol. The lowest BCUT2D eigenvalue weighted by molar-refractivity contribution is 0.489. The van der Waals surface area contributed by atoms with Gasteiger partial charge in [0, 0.05) is 0 Å². The predicted octanol–water partition coefficient (Wildman–Crippen LogP) is 0.244. The van der Waals surface area contributed by atoms with Crippen molar-refractivity contribution < 1.29 is 0 Å². The average Bonchev–Trinajstić information content (AvgIpc) is 2.66. The van der Waals surface area contributed by atoms with E-state index < -0.39 is 0 Å². The fourth-order valence-corrected chi connectivity index (χ4v) is 1.48. The number of imidazole rings is 1. The number of nitrogens with one attached hydrogen (secondary N) is 3. The molecule has 0 amide bonds. The smallest absolute Gasteiger partial charge is 0.0959 e. The summed E-state index contributed by atoms with van der Waals surface area (Å²) in [5.41, 5.74) is 5.73. The zero-order valence-corrected chi connectivity index (χ0v) is 7.91. The molecule has 1 heterocycles. The minimum Gasteiger partial charge on any atom is -0.345 e. The number of H-pyrrole nitrogens is 1. The minimum absolute atomic E-state index is 0.0392. The van der Waals surface area contributed by atoms with Gasteiger partial charge >= 0.3 is 0 Å². The number of hydrogen-bond acceptors (Lipinski definition) is 4. The highest BCUT2D eigenvalue weighted by atomic mass is 15.3. The lowest BCUT2D eigenvalue weighted by Crippen LogP contribution is -2.36. The van der Waals surface area contributed by atoms with Crippen molar-refractivity contribution in [3.05, 3.63) is 30.1 Å². The third-order valence-corrected chi connectivity index (χ3v) is 2.23. The van der Waals surface area contributed by atoms with Crippen molar-refractivity contribution in [1.82, 2.24) is 20.7 Å². The summed E-state index contributed by atoms with van der Waals surface area (Å²) in [6.45, 7) is 0. The summed E-state index contributed by atoms with van der Waals surface area (Å²) in [5.74, 6) is 5.40. The molecule has 0 radical (unpaired) electrons. The minimum atomic E-state index is -0.0392. The van der Waals surface area contributed by atoms with Gasteiger partial charge in [-0.2, -0.15) is 0 Å². The van der Waals surface area contributed by atoms with E-state index in [2.05, 4.69) is 20.7 Å². The maximum Gasteiger partial charge on any atom is 0.0959 e. The van der Waals surface area contributed by atoms with E-state index in [1.807, 2.05) is 25.2 Å². The van der Waals surface area contributed by atoms with E-state index >= 15 is 0 Å². The molecule has 1 aromatic heterocycles. The molecule has 5 N–H and O–H groups in total. The van der Waals surface area contributed by atoms with Gasteiger partial charge in [0.05, 0.1) is 23.5 Å². The van der Waals surface area contributed by atoms with Crippen LogP contribution in [0.3, 0.4) is 0 Å². The highest BCUT2D eigenvalue weighted by Gasteiger charge is 2.07. The van der Waals surface area contributed by atoms with Crippen molar-refractivity contribution in [2.24, 2.45) is 5.84 Å². The molecule has 2 rings (SSSR count). The number of rotatable bonds is 3. The molecule has 2 aromatic rings. The van der Waals surface area contributed by atoms with Crippen molar-refractivity contribution in [2.45, 2.75) is 6.17 Å². The van der Waals surface area contributed by atoms with E-state index in [1.54, 1.807) is 6.33 Å². The van der Waals surface area contributed by atoms with Crippen LogP contribution in [-0.2, 0) is 0 Å². The van der Waals surface area contributed by atoms with Gasteiger partial charge in [0.1, 0.15) is 0 Å². The van der Waals surface area contributed by atoms with Crippen LogP contribution in [0.5, 0.6) is 0 Å². The Hall–Kier alpha value is -1.43. The van der Waals surface area contributed by atoms with Crippen molar-refractivity contribution >= 4 is 11.0 Å². The highest BCUT2D eigenvalue weighted by molar-refractivity contribution is 5.75. The number of hydrazine groups is 1. The van der Waals surface area contributed by atoms with Crippen LogP contribution in [0.4, 0.5) is 0 Å². The van der Waals surface area contributed by atoms with Crippen LogP contribution < -0.4 is 16.6 Å². The first-order valence-electron chi connectivity index (χ1n) is 4.41. The van der Waals surface area contributed by atoms with Gasteiger partial charge in [-0.1, -0.05) is 6.07 Å². The van der Waals surface area contributed by atoms with Gasteiger partial charge in [0.15, 0.2) is 0 Å². The van der Waals surface area contributed by atoms with E-state index in [0.29, 0.717) is 0 Å². The number of hydrogen-bond donors (Lipinski definition) is 4. The molecule has 0 aliphatic carbocycles. The fraction of sp³-hybridized carbons (Fsp3) is 0.222. The second-order valence-electron chi connectivity index (χ2n) is 3.07. The molecule has 0 fully saturated rings. The SMILES string of the molecule is CNC(NN)c1ccc2nc[nH]c2c1. The van der Waals surface area contributed by atoms with Gasteiger partial charge in [-0.05, 0) is 24.7 Å². The molecule has 5 nitrogen and oxygen atoms in total. The normalized spacial score (nSPS) is 13.3. The number of benzene rings is 1. The first-order chi connectivity index (χ1) is 6.85. The van der Waals surface area contributed by atoms with Gasteiger partial charge in [-0.15, -0.1) is 0 Å². The zero-order chi connectivity index (χ0) is 9.97. The van der Waals surface area contributed by atoms with Crippen molar-refractivity contribution in [3.63, 3.8) is 0 Å². The number of fused-ring (bicyclic) bond motifs is 1. The molecule has 0 aliphatic rings. The zero-order valence-electron chi connectivity index (χ0n) is 7.91. The van der Waals surface area contributed by atoms with E-state index in [-0.39, 0.29) is 6.17 Å². The van der Waals surface area contributed by atoms with Gasteiger partial charge in [0.2, 0.25) is 0 Å². The van der Waals surface area contributed by atoms with Crippen LogP contribution in [0, 0.1) is 0 Å². The van der Waals surface area contributed by atoms with Gasteiger partial charge in [-0.25, -0.2) is 10.4 Å². The van der Waals surface area contributed by atoms with Crippen LogP contribution in [-0.4, -0.2) is 17.0 Å². The summed E-state index contributed by atoms with van der Waals surface area (Å²) in [6.07, 6.45) is 1.64. The monoisotopic (exact) mass is 191 g/mol. The quantitative estimate of drug-likeness (QED) is 0.318. The van der Waals surface area contributed by atoms with Crippen molar-refractivity contribution in [2.75, 3.05) is 7.05 Å². The van der Waals surface area contributed by atoms with Crippen LogP contribution in [0.15, 0.2) is 24.5 Å². The second-order valence-corrected chi connectivity index (χ2v) is 3.07. The molecule has 0 bridgehead atoms. The molecule has 74 valence electrons. The van der Waals surface area contributed by atoms with E-state index in [1.165, 1.54) is 0 Å². The summed E-state index contributed by atoms with van der Waals surface area (Å²) < 4.78 is 0. The summed E-state index contributed by atoms with van der Waals surface area (Å²) in [7, 11) is 1.85. The molecule has 0 saturated heterocycles. The number of nitrogens with zero attached hydrogens (tertiary/aromatic N) is 1. The lowest BCUT2D eigenvalue weighted by Gasteiger charge is -2.14. The number of aromatic amines is 1. The predicted molar refractivity (Wildman–Crippen MR) is 55.2 cm³/mol. The van der Waals surface area contributed by atoms with Gasteiger partial charge in [-0.3, -0.25) is 5.84 Å². The summed E-state index contributed by atoms with van der Waals surface area (Å²) in [5, 5.41) is 3.05. The molecule has 14 heavy (non-hydrogen) atoms. The molecular weight excluding hydrogens is 178 g/mol. The van der Waals surface area contributed by atoms with E-state index in [4.69, 9.17) is 5.84 Å². The molecule has 0 spiro atoms. The largest absolute Gasteiger partial charge is 0.345 e. The van der Waals surface area contributed by atoms with Crippen LogP contribution in [0.1, 0.15) is 11.7 Å². The molecule has 1 atom stereocenters. The third-order valence-electron chi connectivity index (χ3n) is 2.23. The second kappa shape index (κ2) is 3.75. The molecule has 1 aromatic carbocycles. The van der Waals surface area contributed by atoms with Gasteiger partial charge in [0.25, 0.3) is 0 Å². The summed E-state index contributed by atoms with van der Waals surface area (Å²) in [6, 6.07) is 5.97. The topological polar surface area (TPSA) is 78.8 Å². The van der Waals surface area contributed by atoms with E-state index in [9.17, 15) is 0 Å². The number of nitrogens with two attached hydrogens (primary N) is 1. The Kier molecular flexibility index (Phi) is 2.45. The molecule has 0 saturated carbocycles. The standard InChI is InChI=1S/C9H13N5/c1-11-9(14-10)6-2-3-7-8(4-6)13-5-12-7/h2-5,9,11,14H,10H2,1H3,(H,12,13). The van der Waals surface area contributed by atoms with E-state index in [0.717, 1.165) is 16.6 Å². The Morgan fingerprint density at radius 3 is 3.07 bits per heavy atom. The van der Waals surface area contributed by atoms with Crippen LogP contribution in [0.25, 0.3) is 11.0 Å². The Labute approximate surface area is 81.7 Å². The van der Waals surface area contributed by atoms with Crippen molar-refractivity contribution in [1.29, 1.82) is 0 Å². The molecule has 5 heteroatoms.